The van der Waals surface area contributed by atoms with E-state index in [4.69, 9.17) is 4.74 Å². The van der Waals surface area contributed by atoms with Crippen LogP contribution in [0.5, 0.6) is 0 Å². The molecule has 7 aliphatic rings. The lowest BCUT2D eigenvalue weighted by molar-refractivity contribution is -0.197. The smallest absolute Gasteiger partial charge is 0.315 e. The Bertz CT molecular complexity index is 1170. The number of piperidine rings is 1. The minimum atomic E-state index is -1.14. The number of ether oxygens (including phenoxy) is 1. The van der Waals surface area contributed by atoms with Crippen LogP contribution in [-0.4, -0.2) is 78.6 Å². The molecule has 264 valence electrons. The Morgan fingerprint density at radius 1 is 1.04 bits per heavy atom. The van der Waals surface area contributed by atoms with Gasteiger partial charge in [-0.25, -0.2) is 0 Å². The zero-order valence-electron chi connectivity index (χ0n) is 30.3. The van der Waals surface area contributed by atoms with Crippen LogP contribution in [-0.2, 0) is 14.3 Å². The molecule has 6 fully saturated rings. The van der Waals surface area contributed by atoms with Gasteiger partial charge in [0.1, 0.15) is 11.7 Å². The molecule has 4 bridgehead atoms. The molecule has 3 unspecified atom stereocenters. The molecule has 2 aliphatic heterocycles. The van der Waals surface area contributed by atoms with Gasteiger partial charge in [0.2, 0.25) is 0 Å². The molecular weight excluding hydrogens is 584 g/mol. The maximum atomic E-state index is 14.2. The molecule has 47 heavy (non-hydrogen) atoms. The van der Waals surface area contributed by atoms with E-state index < -0.39 is 22.2 Å². The number of allylic oxidation sites excluding steroid dienone is 1. The van der Waals surface area contributed by atoms with Crippen LogP contribution in [0.3, 0.4) is 0 Å². The Morgan fingerprint density at radius 3 is 2.47 bits per heavy atom. The van der Waals surface area contributed by atoms with E-state index in [-0.39, 0.29) is 30.0 Å². The summed E-state index contributed by atoms with van der Waals surface area (Å²) in [6, 6.07) is 0. The van der Waals surface area contributed by atoms with E-state index in [1.165, 1.54) is 83.7 Å². The summed E-state index contributed by atoms with van der Waals surface area (Å²) < 4.78 is 7.55. The van der Waals surface area contributed by atoms with Gasteiger partial charge in [0.15, 0.2) is 0 Å². The second kappa shape index (κ2) is 13.5. The van der Waals surface area contributed by atoms with Crippen LogP contribution in [0, 0.1) is 57.7 Å². The highest BCUT2D eigenvalue weighted by molar-refractivity contribution is 5.90. The fourth-order valence-electron chi connectivity index (χ4n) is 13.8. The number of hydrogen-bond acceptors (Lipinski definition) is 5. The molecule has 0 spiro atoms. The summed E-state index contributed by atoms with van der Waals surface area (Å²) >= 11 is 0. The first-order valence-corrected chi connectivity index (χ1v) is 20.3. The summed E-state index contributed by atoms with van der Waals surface area (Å²) in [6.07, 6.45) is 21.3. The summed E-state index contributed by atoms with van der Waals surface area (Å²) in [5, 5.41) is 11.7. The average Bonchev–Trinajstić information content (AvgIpc) is 3.79. The summed E-state index contributed by atoms with van der Waals surface area (Å²) in [4.78, 5) is 33.3. The van der Waals surface area contributed by atoms with E-state index >= 15 is 0 Å². The standard InChI is InChI=1S/C41H66N2O4/c1-5-17-43(21-12-20-42-18-10-7-11-19-42)26-36-32(30-13-8-6-9-14-30)23-37(47-36)40-25-33-29(4)15-16-34(33)39(27-44)24-31(40)22-35(28(2)3)41(39,40)38(45)46/h22,27-34,36-37H,5-21,23-26H2,1-4H3,(H,45,46)/t29-,31?,32+,33-,34-,36+,37-,39?,40?,41+/m1/s1. The van der Waals surface area contributed by atoms with Gasteiger partial charge in [-0.05, 0) is 126 Å². The van der Waals surface area contributed by atoms with E-state index in [2.05, 4.69) is 43.6 Å². The highest BCUT2D eigenvalue weighted by Gasteiger charge is 2.86. The second-order valence-corrected chi connectivity index (χ2v) is 17.9. The van der Waals surface area contributed by atoms with Crippen LogP contribution in [0.25, 0.3) is 0 Å². The minimum Gasteiger partial charge on any atom is -0.481 e. The molecule has 0 aromatic rings. The van der Waals surface area contributed by atoms with Crippen molar-refractivity contribution < 1.29 is 19.4 Å². The van der Waals surface area contributed by atoms with Gasteiger partial charge in [-0.1, -0.05) is 84.3 Å². The molecule has 2 saturated heterocycles. The zero-order valence-corrected chi connectivity index (χ0v) is 30.3. The van der Waals surface area contributed by atoms with Crippen molar-refractivity contribution in [1.29, 1.82) is 0 Å². The van der Waals surface area contributed by atoms with E-state index in [1.807, 2.05) is 0 Å². The molecule has 10 atom stereocenters. The summed E-state index contributed by atoms with van der Waals surface area (Å²) in [5.74, 6) is 1.78. The van der Waals surface area contributed by atoms with Gasteiger partial charge in [-0.15, -0.1) is 0 Å². The van der Waals surface area contributed by atoms with Crippen LogP contribution in [0.4, 0.5) is 0 Å². The third-order valence-corrected chi connectivity index (χ3v) is 15.5. The molecule has 5 aliphatic carbocycles. The van der Waals surface area contributed by atoms with Crippen molar-refractivity contribution in [2.75, 3.05) is 39.3 Å². The number of carbonyl (C=O) groups is 2. The number of likely N-dealkylation sites (tertiary alicyclic amines) is 1. The number of carbonyl (C=O) groups excluding carboxylic acids is 1. The number of carboxylic acids is 1. The largest absolute Gasteiger partial charge is 0.481 e. The zero-order chi connectivity index (χ0) is 33.0. The molecule has 7 rings (SSSR count). The fourth-order valence-corrected chi connectivity index (χ4v) is 13.8. The van der Waals surface area contributed by atoms with Crippen LogP contribution in [0.1, 0.15) is 124 Å². The van der Waals surface area contributed by atoms with Crippen molar-refractivity contribution in [3.63, 3.8) is 0 Å². The molecule has 1 N–H and O–H groups in total. The predicted octanol–water partition coefficient (Wildman–Crippen LogP) is 7.85. The van der Waals surface area contributed by atoms with Crippen LogP contribution in [0.2, 0.25) is 0 Å². The molecule has 0 aromatic carbocycles. The van der Waals surface area contributed by atoms with E-state index in [9.17, 15) is 14.7 Å². The number of nitrogens with zero attached hydrogens (tertiary/aromatic N) is 2. The highest BCUT2D eigenvalue weighted by Crippen LogP contribution is 2.84. The summed E-state index contributed by atoms with van der Waals surface area (Å²) in [6.45, 7) is 15.9. The second-order valence-electron chi connectivity index (χ2n) is 17.9. The maximum Gasteiger partial charge on any atom is 0.315 e. The molecule has 0 aromatic heterocycles. The first kappa shape index (κ1) is 34.2. The van der Waals surface area contributed by atoms with Gasteiger partial charge in [0.25, 0.3) is 0 Å². The molecule has 2 heterocycles. The number of carboxylic acid groups (broad SMARTS) is 1. The van der Waals surface area contributed by atoms with Crippen LogP contribution in [0.15, 0.2) is 11.6 Å². The first-order valence-electron chi connectivity index (χ1n) is 20.3. The van der Waals surface area contributed by atoms with Crippen LogP contribution < -0.4 is 0 Å². The predicted molar refractivity (Wildman–Crippen MR) is 187 cm³/mol. The molecule has 6 nitrogen and oxygen atoms in total. The van der Waals surface area contributed by atoms with Gasteiger partial charge >= 0.3 is 5.97 Å². The third kappa shape index (κ3) is 5.17. The van der Waals surface area contributed by atoms with Gasteiger partial charge < -0.3 is 24.4 Å². The maximum absolute atomic E-state index is 14.2. The van der Waals surface area contributed by atoms with Crippen molar-refractivity contribution in [1.82, 2.24) is 9.80 Å². The topological polar surface area (TPSA) is 70.1 Å². The van der Waals surface area contributed by atoms with Crippen molar-refractivity contribution in [3.05, 3.63) is 11.6 Å². The Morgan fingerprint density at radius 2 is 1.79 bits per heavy atom. The number of aliphatic carboxylic acids is 1. The molecular formula is C41H66N2O4. The van der Waals surface area contributed by atoms with E-state index in [0.717, 1.165) is 57.3 Å². The fraction of sp³-hybridized carbons (Fsp3) is 0.902. The van der Waals surface area contributed by atoms with E-state index in [0.29, 0.717) is 30.1 Å². The monoisotopic (exact) mass is 651 g/mol. The lowest BCUT2D eigenvalue weighted by atomic mass is 9.41. The van der Waals surface area contributed by atoms with E-state index in [1.54, 1.807) is 0 Å². The van der Waals surface area contributed by atoms with Gasteiger partial charge in [0.05, 0.1) is 17.6 Å². The van der Waals surface area contributed by atoms with Gasteiger partial charge in [-0.3, -0.25) is 4.79 Å². The average molecular weight is 651 g/mol. The van der Waals surface area contributed by atoms with Gasteiger partial charge in [0, 0.05) is 12.0 Å². The number of aldehydes is 1. The first-order chi connectivity index (χ1) is 22.7. The lowest BCUT2D eigenvalue weighted by Crippen LogP contribution is -2.65. The Kier molecular flexibility index (Phi) is 9.81. The molecule has 0 radical (unpaired) electrons. The minimum absolute atomic E-state index is 0.0968. The Balaban J connectivity index is 1.22. The van der Waals surface area contributed by atoms with Crippen LogP contribution >= 0.6 is 0 Å². The molecule has 0 amide bonds. The van der Waals surface area contributed by atoms with Crippen molar-refractivity contribution in [3.8, 4) is 0 Å². The van der Waals surface area contributed by atoms with Crippen molar-refractivity contribution >= 4 is 12.3 Å². The number of fused-ring (bicyclic) bond motifs is 2. The number of hydrogen-bond donors (Lipinski definition) is 1. The summed E-state index contributed by atoms with van der Waals surface area (Å²) in [5.41, 5.74) is -1.42. The summed E-state index contributed by atoms with van der Waals surface area (Å²) in [7, 11) is 0. The molecule has 6 heteroatoms. The third-order valence-electron chi connectivity index (χ3n) is 15.5. The lowest BCUT2D eigenvalue weighted by Gasteiger charge is -2.60. The van der Waals surface area contributed by atoms with Gasteiger partial charge in [-0.2, -0.15) is 0 Å². The van der Waals surface area contributed by atoms with Crippen molar-refractivity contribution in [2.24, 2.45) is 57.7 Å². The quantitative estimate of drug-likeness (QED) is 0.162. The normalized spacial score (nSPS) is 43.5. The van der Waals surface area contributed by atoms with Crippen molar-refractivity contribution in [2.45, 2.75) is 136 Å². The Hall–Kier alpha value is -1.24. The molecule has 4 saturated carbocycles. The highest BCUT2D eigenvalue weighted by atomic mass is 16.5. The Labute approximate surface area is 285 Å². The number of rotatable bonds is 13. The SMILES string of the molecule is CCCN(CCCN1CCCCC1)C[C@@H]1O[C@@H](C23C[C@@H]4[C@H](C)CC[C@H]4C4(C=O)CC2C=C(C(C)C)[C@]43C(=O)O)C[C@H]1C1CCCCC1.